The molecule has 2 aromatic carbocycles. The standard InChI is InChI=1S/C29H29ClN8O2/c30-25-13-14-32-17-24(25)20-5-1-18(2-6-20)15-26(34-28(39)22-7-3-19(16-31)4-8-22)29(40)33-23-11-9-21(10-12-23)27-35-37-38-36-27/h1-2,5-6,9-14,16-17,22,26H,3-4,7-8,15,31H2,(H,33,40)(H,34,39)(H,35,36,37,38)/t22?,26-/m0/s1. The highest BCUT2D eigenvalue weighted by atomic mass is 35.5. The Labute approximate surface area is 236 Å². The summed E-state index contributed by atoms with van der Waals surface area (Å²) in [4.78, 5) is 30.8. The number of nitrogens with two attached hydrogens (primary N) is 1. The van der Waals surface area contributed by atoms with Gasteiger partial charge in [0.1, 0.15) is 6.04 Å². The van der Waals surface area contributed by atoms with Crippen LogP contribution in [-0.4, -0.2) is 43.5 Å². The van der Waals surface area contributed by atoms with E-state index >= 15 is 0 Å². The van der Waals surface area contributed by atoms with Crippen LogP contribution in [0.5, 0.6) is 0 Å². The van der Waals surface area contributed by atoms with E-state index in [1.807, 2.05) is 24.3 Å². The molecule has 0 aliphatic heterocycles. The largest absolute Gasteiger partial charge is 0.405 e. The second-order valence-electron chi connectivity index (χ2n) is 9.72. The van der Waals surface area contributed by atoms with Gasteiger partial charge >= 0.3 is 0 Å². The Bertz CT molecular complexity index is 1480. The topological polar surface area (TPSA) is 152 Å². The lowest BCUT2D eigenvalue weighted by atomic mass is 9.85. The van der Waals surface area contributed by atoms with Gasteiger partial charge in [0, 0.05) is 41.5 Å². The van der Waals surface area contributed by atoms with Crippen LogP contribution < -0.4 is 16.4 Å². The van der Waals surface area contributed by atoms with E-state index < -0.39 is 6.04 Å². The first-order valence-electron chi connectivity index (χ1n) is 13.0. The number of carbonyl (C=O) groups is 2. The lowest BCUT2D eigenvalue weighted by Crippen LogP contribution is -2.47. The molecular formula is C29H29ClN8O2. The number of nitrogens with one attached hydrogen (secondary N) is 3. The molecule has 1 saturated carbocycles. The van der Waals surface area contributed by atoms with Crippen molar-refractivity contribution in [3.05, 3.63) is 89.4 Å². The summed E-state index contributed by atoms with van der Waals surface area (Å²) in [7, 11) is 0. The van der Waals surface area contributed by atoms with Crippen molar-refractivity contribution in [3.63, 3.8) is 0 Å². The Morgan fingerprint density at radius 1 is 1.05 bits per heavy atom. The predicted octanol–water partition coefficient (Wildman–Crippen LogP) is 4.28. The van der Waals surface area contributed by atoms with E-state index in [9.17, 15) is 9.59 Å². The lowest BCUT2D eigenvalue weighted by Gasteiger charge is -2.26. The molecule has 40 heavy (non-hydrogen) atoms. The molecule has 5 rings (SSSR count). The van der Waals surface area contributed by atoms with E-state index in [0.717, 1.165) is 40.7 Å². The molecule has 2 aromatic heterocycles. The van der Waals surface area contributed by atoms with Crippen molar-refractivity contribution in [2.24, 2.45) is 11.7 Å². The van der Waals surface area contributed by atoms with Gasteiger partial charge in [-0.25, -0.2) is 0 Å². The molecule has 11 heteroatoms. The number of rotatable bonds is 8. The number of hydrogen-bond acceptors (Lipinski definition) is 7. The second kappa shape index (κ2) is 12.5. The van der Waals surface area contributed by atoms with E-state index in [2.05, 4.69) is 36.2 Å². The monoisotopic (exact) mass is 556 g/mol. The van der Waals surface area contributed by atoms with Gasteiger partial charge in [-0.1, -0.05) is 41.4 Å². The van der Waals surface area contributed by atoms with Gasteiger partial charge in [-0.3, -0.25) is 14.6 Å². The van der Waals surface area contributed by atoms with Crippen LogP contribution in [0.3, 0.4) is 0 Å². The van der Waals surface area contributed by atoms with Gasteiger partial charge in [-0.15, -0.1) is 10.2 Å². The smallest absolute Gasteiger partial charge is 0.247 e. The number of allylic oxidation sites excluding steroid dienone is 1. The summed E-state index contributed by atoms with van der Waals surface area (Å²) in [5.41, 5.74) is 10.8. The first-order valence-corrected chi connectivity index (χ1v) is 13.4. The normalized spacial score (nSPS) is 15.7. The lowest BCUT2D eigenvalue weighted by molar-refractivity contribution is -0.129. The summed E-state index contributed by atoms with van der Waals surface area (Å²) in [6, 6.07) is 15.8. The van der Waals surface area contributed by atoms with Crippen molar-refractivity contribution in [2.45, 2.75) is 38.1 Å². The third-order valence-electron chi connectivity index (χ3n) is 7.10. The third kappa shape index (κ3) is 6.52. The number of nitrogens with zero attached hydrogens (tertiary/aromatic N) is 4. The maximum absolute atomic E-state index is 13.5. The van der Waals surface area contributed by atoms with Gasteiger partial charge in [-0.2, -0.15) is 5.21 Å². The van der Waals surface area contributed by atoms with Crippen molar-refractivity contribution in [1.82, 2.24) is 30.9 Å². The number of aromatic amines is 1. The number of anilines is 1. The first-order chi connectivity index (χ1) is 19.5. The number of aromatic nitrogens is 5. The molecule has 5 N–H and O–H groups in total. The molecule has 0 unspecified atom stereocenters. The van der Waals surface area contributed by atoms with Crippen LogP contribution in [0.4, 0.5) is 5.69 Å². The minimum absolute atomic E-state index is 0.123. The maximum Gasteiger partial charge on any atom is 0.247 e. The number of amides is 2. The predicted molar refractivity (Wildman–Crippen MR) is 153 cm³/mol. The highest BCUT2D eigenvalue weighted by molar-refractivity contribution is 6.33. The van der Waals surface area contributed by atoms with Crippen molar-refractivity contribution in [1.29, 1.82) is 0 Å². The minimum atomic E-state index is -0.774. The molecular weight excluding hydrogens is 528 g/mol. The van der Waals surface area contributed by atoms with Crippen LogP contribution in [0.15, 0.2) is 78.8 Å². The summed E-state index contributed by atoms with van der Waals surface area (Å²) in [5, 5.41) is 20.5. The van der Waals surface area contributed by atoms with E-state index in [1.165, 1.54) is 0 Å². The zero-order valence-electron chi connectivity index (χ0n) is 21.7. The zero-order chi connectivity index (χ0) is 27.9. The van der Waals surface area contributed by atoms with Crippen molar-refractivity contribution >= 4 is 29.1 Å². The molecule has 0 bridgehead atoms. The van der Waals surface area contributed by atoms with E-state index in [1.54, 1.807) is 48.9 Å². The number of pyridine rings is 1. The summed E-state index contributed by atoms with van der Waals surface area (Å²) in [6.45, 7) is 0. The first kappa shape index (κ1) is 27.0. The van der Waals surface area contributed by atoms with Gasteiger partial charge in [0.15, 0.2) is 0 Å². The minimum Gasteiger partial charge on any atom is -0.405 e. The van der Waals surface area contributed by atoms with Gasteiger partial charge < -0.3 is 16.4 Å². The number of hydrogen-bond donors (Lipinski definition) is 4. The van der Waals surface area contributed by atoms with Crippen molar-refractivity contribution in [2.75, 3.05) is 5.32 Å². The molecule has 1 aliphatic rings. The Hall–Kier alpha value is -4.57. The van der Waals surface area contributed by atoms with Gasteiger partial charge in [0.25, 0.3) is 0 Å². The Morgan fingerprint density at radius 3 is 2.42 bits per heavy atom. The Kier molecular flexibility index (Phi) is 8.46. The highest BCUT2D eigenvalue weighted by Crippen LogP contribution is 2.29. The molecule has 2 heterocycles. The van der Waals surface area contributed by atoms with Gasteiger partial charge in [0.05, 0.1) is 5.02 Å². The number of carbonyl (C=O) groups excluding carboxylic acids is 2. The molecule has 0 spiro atoms. The molecule has 10 nitrogen and oxygen atoms in total. The quantitative estimate of drug-likeness (QED) is 0.253. The summed E-state index contributed by atoms with van der Waals surface area (Å²) >= 11 is 6.33. The zero-order valence-corrected chi connectivity index (χ0v) is 22.4. The van der Waals surface area contributed by atoms with Crippen LogP contribution in [0.25, 0.3) is 22.5 Å². The molecule has 2 amide bonds. The van der Waals surface area contributed by atoms with Crippen LogP contribution in [0, 0.1) is 5.92 Å². The van der Waals surface area contributed by atoms with Crippen molar-refractivity contribution < 1.29 is 9.59 Å². The Balaban J connectivity index is 1.31. The molecule has 0 saturated heterocycles. The fourth-order valence-corrected chi connectivity index (χ4v) is 4.99. The average Bonchev–Trinajstić information content (AvgIpc) is 3.53. The average molecular weight is 557 g/mol. The van der Waals surface area contributed by atoms with E-state index in [-0.39, 0.29) is 17.7 Å². The molecule has 1 atom stereocenters. The SMILES string of the molecule is NC=C1CCC(C(=O)N[C@@H](Cc2ccc(-c3cnccc3Cl)cc2)C(=O)Nc2ccc(-c3nn[nH]n3)cc2)CC1. The number of halogens is 1. The second-order valence-corrected chi connectivity index (χ2v) is 10.1. The van der Waals surface area contributed by atoms with E-state index in [0.29, 0.717) is 35.8 Å². The fraction of sp³-hybridized carbons (Fsp3) is 0.241. The van der Waals surface area contributed by atoms with Gasteiger partial charge in [0.2, 0.25) is 17.6 Å². The van der Waals surface area contributed by atoms with Gasteiger partial charge in [-0.05, 0) is 78.6 Å². The molecule has 1 aliphatic carbocycles. The van der Waals surface area contributed by atoms with Crippen molar-refractivity contribution in [3.8, 4) is 22.5 Å². The van der Waals surface area contributed by atoms with Crippen LogP contribution in [0.2, 0.25) is 5.02 Å². The third-order valence-corrected chi connectivity index (χ3v) is 7.43. The van der Waals surface area contributed by atoms with Crippen LogP contribution in [0.1, 0.15) is 31.2 Å². The molecule has 4 aromatic rings. The molecule has 0 radical (unpaired) electrons. The fourth-order valence-electron chi connectivity index (χ4n) is 4.78. The van der Waals surface area contributed by atoms with Crippen LogP contribution in [-0.2, 0) is 16.0 Å². The van der Waals surface area contributed by atoms with E-state index in [4.69, 9.17) is 17.3 Å². The number of tetrazole rings is 1. The molecule has 204 valence electrons. The van der Waals surface area contributed by atoms with Crippen LogP contribution >= 0.6 is 11.6 Å². The number of H-pyrrole nitrogens is 1. The Morgan fingerprint density at radius 2 is 1.77 bits per heavy atom. The summed E-state index contributed by atoms with van der Waals surface area (Å²) in [5.74, 6) is -0.136. The maximum atomic E-state index is 13.5. The summed E-state index contributed by atoms with van der Waals surface area (Å²) in [6.07, 6.45) is 8.31. The highest BCUT2D eigenvalue weighted by Gasteiger charge is 2.28. The number of benzene rings is 2. The summed E-state index contributed by atoms with van der Waals surface area (Å²) < 4.78 is 0. The molecule has 1 fully saturated rings.